The van der Waals surface area contributed by atoms with Crippen molar-refractivity contribution in [3.63, 3.8) is 0 Å². The fraction of sp³-hybridized carbons (Fsp3) is 0.100. The monoisotopic (exact) mass is 355 g/mol. The maximum absolute atomic E-state index is 12.5. The molecule has 0 aliphatic heterocycles. The first kappa shape index (κ1) is 16.7. The molecule has 0 aliphatic rings. The molecular weight excluding hydrogens is 341 g/mol. The zero-order valence-corrected chi connectivity index (χ0v) is 14.8. The molecule has 0 atom stereocenters. The summed E-state index contributed by atoms with van der Waals surface area (Å²) >= 11 is 12.2. The van der Waals surface area contributed by atoms with Crippen LogP contribution in [0.3, 0.4) is 0 Å². The Labute approximate surface area is 150 Å². The lowest BCUT2D eigenvalue weighted by molar-refractivity contribution is 0.103. The van der Waals surface area contributed by atoms with Crippen molar-refractivity contribution in [2.75, 3.05) is 0 Å². The van der Waals surface area contributed by atoms with E-state index < -0.39 is 0 Å². The molecule has 0 N–H and O–H groups in total. The van der Waals surface area contributed by atoms with Gasteiger partial charge in [-0.1, -0.05) is 47.0 Å². The molecule has 0 saturated heterocycles. The van der Waals surface area contributed by atoms with E-state index in [-0.39, 0.29) is 5.78 Å². The molecule has 0 spiro atoms. The van der Waals surface area contributed by atoms with E-state index in [9.17, 15) is 4.79 Å². The average Bonchev–Trinajstić information content (AvgIpc) is 2.55. The molecule has 2 aromatic carbocycles. The molecule has 0 fully saturated rings. The van der Waals surface area contributed by atoms with Crippen molar-refractivity contribution in [3.05, 3.63) is 81.0 Å². The van der Waals surface area contributed by atoms with Crippen molar-refractivity contribution in [1.29, 1.82) is 0 Å². The number of nitrogens with zero attached hydrogens (tertiary/aromatic N) is 1. The number of allylic oxidation sites excluding steroid dienone is 1. The molecule has 0 amide bonds. The Balaban J connectivity index is 2.02. The van der Waals surface area contributed by atoms with Crippen LogP contribution in [0.4, 0.5) is 0 Å². The number of hydrogen-bond donors (Lipinski definition) is 0. The number of Topliss-reactive ketones (excluding diaryl/α,β-unsaturated/α-hetero) is 1. The van der Waals surface area contributed by atoms with Gasteiger partial charge in [0.2, 0.25) is 0 Å². The van der Waals surface area contributed by atoms with Gasteiger partial charge in [-0.3, -0.25) is 4.79 Å². The zero-order valence-electron chi connectivity index (χ0n) is 13.3. The maximum atomic E-state index is 12.5. The third-order valence-corrected chi connectivity index (χ3v) is 4.31. The fourth-order valence-electron chi connectivity index (χ4n) is 2.55. The number of pyridine rings is 1. The molecule has 1 heterocycles. The van der Waals surface area contributed by atoms with Gasteiger partial charge in [-0.15, -0.1) is 0 Å². The van der Waals surface area contributed by atoms with Crippen LogP contribution in [0.15, 0.2) is 54.1 Å². The highest BCUT2D eigenvalue weighted by atomic mass is 35.5. The summed E-state index contributed by atoms with van der Waals surface area (Å²) in [6.07, 6.45) is 1.76. The van der Waals surface area contributed by atoms with E-state index in [1.54, 1.807) is 37.3 Å². The van der Waals surface area contributed by atoms with Crippen molar-refractivity contribution >= 4 is 46.0 Å². The minimum Gasteiger partial charge on any atom is -0.289 e. The van der Waals surface area contributed by atoms with Crippen LogP contribution in [0.2, 0.25) is 10.2 Å². The summed E-state index contributed by atoms with van der Waals surface area (Å²) in [7, 11) is 0. The number of aryl methyl sites for hydroxylation is 1. The second-order valence-electron chi connectivity index (χ2n) is 5.73. The molecule has 24 heavy (non-hydrogen) atoms. The van der Waals surface area contributed by atoms with E-state index >= 15 is 0 Å². The zero-order chi connectivity index (χ0) is 17.3. The molecule has 3 aromatic rings. The number of carbonyl (C=O) groups excluding carboxylic acids is 1. The third kappa shape index (κ3) is 3.50. The SMILES string of the molecule is C/C(=C\c1cc2cc(C)ccc2nc1Cl)C(=O)c1cccc(Cl)c1. The van der Waals surface area contributed by atoms with E-state index in [1.165, 1.54) is 0 Å². The quantitative estimate of drug-likeness (QED) is 0.321. The van der Waals surface area contributed by atoms with Gasteiger partial charge in [0.25, 0.3) is 0 Å². The van der Waals surface area contributed by atoms with Gasteiger partial charge in [-0.2, -0.15) is 0 Å². The third-order valence-electron chi connectivity index (χ3n) is 3.77. The number of hydrogen-bond acceptors (Lipinski definition) is 2. The first-order chi connectivity index (χ1) is 11.4. The number of benzene rings is 2. The van der Waals surface area contributed by atoms with Crippen LogP contribution in [-0.4, -0.2) is 10.8 Å². The van der Waals surface area contributed by atoms with Crippen LogP contribution in [0.25, 0.3) is 17.0 Å². The normalized spacial score (nSPS) is 11.8. The van der Waals surface area contributed by atoms with Crippen LogP contribution in [0.1, 0.15) is 28.4 Å². The van der Waals surface area contributed by atoms with Crippen LogP contribution in [0, 0.1) is 6.92 Å². The largest absolute Gasteiger partial charge is 0.289 e. The minimum atomic E-state index is -0.0853. The predicted octanol–water partition coefficient (Wildman–Crippen LogP) is 6.14. The van der Waals surface area contributed by atoms with Gasteiger partial charge < -0.3 is 0 Å². The molecule has 0 bridgehead atoms. The molecule has 3 rings (SSSR count). The van der Waals surface area contributed by atoms with Crippen molar-refractivity contribution in [2.24, 2.45) is 0 Å². The first-order valence-electron chi connectivity index (χ1n) is 7.49. The number of aromatic nitrogens is 1. The second kappa shape index (κ2) is 6.76. The lowest BCUT2D eigenvalue weighted by Crippen LogP contribution is -2.00. The van der Waals surface area contributed by atoms with Gasteiger partial charge in [0.1, 0.15) is 5.15 Å². The number of halogens is 2. The molecule has 2 nitrogen and oxygen atoms in total. The standard InChI is InChI=1S/C20H15Cl2NO/c1-12-6-7-18-15(8-12)10-16(20(22)23-18)9-13(2)19(24)14-4-3-5-17(21)11-14/h3-11H,1-2H3/b13-9+. The van der Waals surface area contributed by atoms with Gasteiger partial charge in [-0.05, 0) is 55.8 Å². The molecular formula is C20H15Cl2NO. The highest BCUT2D eigenvalue weighted by Crippen LogP contribution is 2.24. The van der Waals surface area contributed by atoms with E-state index in [0.717, 1.165) is 22.0 Å². The molecule has 0 aliphatic carbocycles. The summed E-state index contributed by atoms with van der Waals surface area (Å²) in [5.74, 6) is -0.0853. The molecule has 1 aromatic heterocycles. The molecule has 120 valence electrons. The summed E-state index contributed by atoms with van der Waals surface area (Å²) in [5, 5.41) is 1.91. The van der Waals surface area contributed by atoms with E-state index in [2.05, 4.69) is 4.98 Å². The van der Waals surface area contributed by atoms with Gasteiger partial charge in [-0.25, -0.2) is 4.98 Å². The van der Waals surface area contributed by atoms with Crippen molar-refractivity contribution in [3.8, 4) is 0 Å². The fourth-order valence-corrected chi connectivity index (χ4v) is 2.94. The Bertz CT molecular complexity index is 977. The van der Waals surface area contributed by atoms with Gasteiger partial charge in [0.05, 0.1) is 5.52 Å². The predicted molar refractivity (Wildman–Crippen MR) is 101 cm³/mol. The van der Waals surface area contributed by atoms with Gasteiger partial charge >= 0.3 is 0 Å². The van der Waals surface area contributed by atoms with Crippen LogP contribution in [0.5, 0.6) is 0 Å². The van der Waals surface area contributed by atoms with Crippen LogP contribution < -0.4 is 0 Å². The highest BCUT2D eigenvalue weighted by molar-refractivity contribution is 6.32. The summed E-state index contributed by atoms with van der Waals surface area (Å²) < 4.78 is 0. The molecule has 0 unspecified atom stereocenters. The Morgan fingerprint density at radius 1 is 1.08 bits per heavy atom. The number of rotatable bonds is 3. The van der Waals surface area contributed by atoms with Crippen LogP contribution in [-0.2, 0) is 0 Å². The smallest absolute Gasteiger partial charge is 0.188 e. The van der Waals surface area contributed by atoms with Crippen molar-refractivity contribution in [2.45, 2.75) is 13.8 Å². The second-order valence-corrected chi connectivity index (χ2v) is 6.53. The Hall–Kier alpha value is -2.16. The lowest BCUT2D eigenvalue weighted by Gasteiger charge is -2.06. The van der Waals surface area contributed by atoms with Gasteiger partial charge in [0, 0.05) is 21.5 Å². The summed E-state index contributed by atoms with van der Waals surface area (Å²) in [6.45, 7) is 3.79. The topological polar surface area (TPSA) is 30.0 Å². The summed E-state index contributed by atoms with van der Waals surface area (Å²) in [6, 6.07) is 14.8. The minimum absolute atomic E-state index is 0.0853. The first-order valence-corrected chi connectivity index (χ1v) is 8.25. The Morgan fingerprint density at radius 3 is 2.62 bits per heavy atom. The number of ketones is 1. The molecule has 0 radical (unpaired) electrons. The molecule has 0 saturated carbocycles. The van der Waals surface area contributed by atoms with E-state index in [0.29, 0.717) is 21.3 Å². The van der Waals surface area contributed by atoms with Crippen molar-refractivity contribution < 1.29 is 4.79 Å². The maximum Gasteiger partial charge on any atom is 0.188 e. The summed E-state index contributed by atoms with van der Waals surface area (Å²) in [4.78, 5) is 16.9. The van der Waals surface area contributed by atoms with Crippen LogP contribution >= 0.6 is 23.2 Å². The Kier molecular flexibility index (Phi) is 4.70. The van der Waals surface area contributed by atoms with E-state index in [4.69, 9.17) is 23.2 Å². The average molecular weight is 356 g/mol. The highest BCUT2D eigenvalue weighted by Gasteiger charge is 2.10. The molecule has 4 heteroatoms. The van der Waals surface area contributed by atoms with Crippen molar-refractivity contribution in [1.82, 2.24) is 4.98 Å². The number of carbonyl (C=O) groups is 1. The lowest BCUT2D eigenvalue weighted by atomic mass is 10.0. The summed E-state index contributed by atoms with van der Waals surface area (Å²) in [5.41, 5.74) is 3.84. The van der Waals surface area contributed by atoms with Gasteiger partial charge in [0.15, 0.2) is 5.78 Å². The van der Waals surface area contributed by atoms with E-state index in [1.807, 2.05) is 31.2 Å². The number of fused-ring (bicyclic) bond motifs is 1. The Morgan fingerprint density at radius 2 is 1.88 bits per heavy atom.